The molecule has 0 aliphatic carbocycles. The van der Waals surface area contributed by atoms with Crippen LogP contribution in [0, 0.1) is 0 Å². The fraction of sp³-hybridized carbons (Fsp3) is 0.250. The number of aromatic nitrogens is 2. The molecule has 0 radical (unpaired) electrons. The lowest BCUT2D eigenvalue weighted by Crippen LogP contribution is -2.13. The zero-order chi connectivity index (χ0) is 12.1. The molecule has 5 heteroatoms. The molecular weight excluding hydrogens is 217 g/mol. The third kappa shape index (κ3) is 2.69. The normalized spacial score (nSPS) is 10.0. The van der Waals surface area contributed by atoms with Crippen molar-refractivity contribution < 1.29 is 4.74 Å². The molecule has 90 valence electrons. The van der Waals surface area contributed by atoms with E-state index < -0.39 is 0 Å². The minimum absolute atomic E-state index is 0.787. The van der Waals surface area contributed by atoms with Crippen molar-refractivity contribution in [2.45, 2.75) is 13.5 Å². The van der Waals surface area contributed by atoms with Crippen molar-refractivity contribution in [2.75, 3.05) is 18.0 Å². The van der Waals surface area contributed by atoms with E-state index in [4.69, 9.17) is 4.74 Å². The van der Waals surface area contributed by atoms with Crippen LogP contribution < -0.4 is 15.6 Å². The maximum atomic E-state index is 5.15. The Morgan fingerprint density at radius 3 is 3.00 bits per heavy atom. The van der Waals surface area contributed by atoms with Gasteiger partial charge in [0, 0.05) is 25.0 Å². The Kier molecular flexibility index (Phi) is 3.49. The summed E-state index contributed by atoms with van der Waals surface area (Å²) in [6.07, 6.45) is 3.69. The Morgan fingerprint density at radius 1 is 1.35 bits per heavy atom. The minimum Gasteiger partial charge on any atom is -0.497 e. The highest BCUT2D eigenvalue weighted by atomic mass is 16.5. The highest BCUT2D eigenvalue weighted by molar-refractivity contribution is 5.51. The van der Waals surface area contributed by atoms with Crippen LogP contribution >= 0.6 is 0 Å². The minimum atomic E-state index is 0.787. The molecule has 5 nitrogen and oxygen atoms in total. The molecule has 2 rings (SSSR count). The molecule has 0 spiro atoms. The number of methoxy groups -OCH3 is 1. The van der Waals surface area contributed by atoms with E-state index in [-0.39, 0.29) is 0 Å². The molecule has 17 heavy (non-hydrogen) atoms. The summed E-state index contributed by atoms with van der Waals surface area (Å²) in [6.45, 7) is 2.94. The van der Waals surface area contributed by atoms with E-state index in [1.54, 1.807) is 13.3 Å². The van der Waals surface area contributed by atoms with Crippen LogP contribution in [0.1, 0.15) is 6.92 Å². The van der Waals surface area contributed by atoms with Crippen molar-refractivity contribution in [3.63, 3.8) is 0 Å². The van der Waals surface area contributed by atoms with Gasteiger partial charge >= 0.3 is 0 Å². The molecule has 0 fully saturated rings. The van der Waals surface area contributed by atoms with Crippen molar-refractivity contribution >= 4 is 11.6 Å². The molecule has 0 aliphatic heterocycles. The van der Waals surface area contributed by atoms with Crippen molar-refractivity contribution in [2.24, 2.45) is 0 Å². The van der Waals surface area contributed by atoms with Crippen LogP contribution in [0.15, 0.2) is 36.7 Å². The summed E-state index contributed by atoms with van der Waals surface area (Å²) in [5.74, 6) is 1.60. The number of aryl methyl sites for hydroxylation is 1. The first-order valence-electron chi connectivity index (χ1n) is 5.50. The number of nitrogens with zero attached hydrogens (tertiary/aromatic N) is 2. The predicted octanol–water partition coefficient (Wildman–Crippen LogP) is 2.35. The SMILES string of the molecule is COc1cccc(NNc2nccn2C[13CH3])c1. The second kappa shape index (κ2) is 5.25. The summed E-state index contributed by atoms with van der Waals surface area (Å²) in [5.41, 5.74) is 7.07. The lowest BCUT2D eigenvalue weighted by Gasteiger charge is -2.11. The number of hydrogen-bond donors (Lipinski definition) is 2. The number of rotatable bonds is 5. The van der Waals surface area contributed by atoms with E-state index in [0.29, 0.717) is 0 Å². The van der Waals surface area contributed by atoms with Crippen molar-refractivity contribution in [3.8, 4) is 5.75 Å². The Morgan fingerprint density at radius 2 is 2.24 bits per heavy atom. The van der Waals surface area contributed by atoms with Crippen molar-refractivity contribution in [1.82, 2.24) is 9.55 Å². The summed E-state index contributed by atoms with van der Waals surface area (Å²) >= 11 is 0. The Hall–Kier alpha value is -2.17. The standard InChI is InChI=1S/C12H16N4O/c1-3-16-8-7-13-12(16)15-14-10-5-4-6-11(9-10)17-2/h4-9,14H,3H2,1-2H3,(H,13,15)/i1+1. The highest BCUT2D eigenvalue weighted by Crippen LogP contribution is 2.16. The second-order valence-corrected chi connectivity index (χ2v) is 3.52. The van der Waals surface area contributed by atoms with Crippen LogP contribution in [-0.4, -0.2) is 16.7 Å². The van der Waals surface area contributed by atoms with Gasteiger partial charge in [0.25, 0.3) is 0 Å². The van der Waals surface area contributed by atoms with E-state index in [9.17, 15) is 0 Å². The van der Waals surface area contributed by atoms with Crippen LogP contribution in [-0.2, 0) is 6.54 Å². The first kappa shape index (κ1) is 11.3. The number of benzene rings is 1. The second-order valence-electron chi connectivity index (χ2n) is 3.52. The molecule has 0 amide bonds. The van der Waals surface area contributed by atoms with Gasteiger partial charge in [0.1, 0.15) is 5.75 Å². The molecule has 2 aromatic rings. The number of nitrogens with one attached hydrogen (secondary N) is 2. The van der Waals surface area contributed by atoms with Crippen molar-refractivity contribution in [1.29, 1.82) is 0 Å². The fourth-order valence-electron chi connectivity index (χ4n) is 1.52. The molecule has 0 bridgehead atoms. The summed E-state index contributed by atoms with van der Waals surface area (Å²) in [5, 5.41) is 0. The third-order valence-corrected chi connectivity index (χ3v) is 2.44. The predicted molar refractivity (Wildman–Crippen MR) is 68.1 cm³/mol. The topological polar surface area (TPSA) is 51.1 Å². The average molecular weight is 233 g/mol. The first-order valence-corrected chi connectivity index (χ1v) is 5.50. The van der Waals surface area contributed by atoms with E-state index in [2.05, 4.69) is 22.8 Å². The molecule has 2 N–H and O–H groups in total. The fourth-order valence-corrected chi connectivity index (χ4v) is 1.52. The van der Waals surface area contributed by atoms with Gasteiger partial charge in [-0.1, -0.05) is 6.07 Å². The zero-order valence-electron chi connectivity index (χ0n) is 9.97. The van der Waals surface area contributed by atoms with Gasteiger partial charge in [-0.05, 0) is 19.1 Å². The van der Waals surface area contributed by atoms with Crippen LogP contribution in [0.4, 0.5) is 11.6 Å². The monoisotopic (exact) mass is 233 g/mol. The molecule has 0 aliphatic rings. The van der Waals surface area contributed by atoms with E-state index >= 15 is 0 Å². The maximum absolute atomic E-state index is 5.15. The first-order chi connectivity index (χ1) is 8.33. The number of ether oxygens (including phenoxy) is 1. The van der Waals surface area contributed by atoms with Crippen LogP contribution in [0.5, 0.6) is 5.75 Å². The van der Waals surface area contributed by atoms with E-state index in [0.717, 1.165) is 23.9 Å². The molecule has 0 saturated carbocycles. The maximum Gasteiger partial charge on any atom is 0.221 e. The molecule has 1 heterocycles. The Labute approximate surface area is 100 Å². The smallest absolute Gasteiger partial charge is 0.221 e. The molecule has 1 aromatic carbocycles. The lowest BCUT2D eigenvalue weighted by molar-refractivity contribution is 0.415. The quantitative estimate of drug-likeness (QED) is 0.615. The van der Waals surface area contributed by atoms with Gasteiger partial charge in [0.2, 0.25) is 5.95 Å². The molecular formula is C12H16N4O. The average Bonchev–Trinajstić information content (AvgIpc) is 2.84. The van der Waals surface area contributed by atoms with Gasteiger partial charge in [0.15, 0.2) is 0 Å². The van der Waals surface area contributed by atoms with Gasteiger partial charge in [-0.2, -0.15) is 0 Å². The summed E-state index contributed by atoms with van der Waals surface area (Å²) in [6, 6.07) is 7.69. The zero-order valence-corrected chi connectivity index (χ0v) is 9.97. The van der Waals surface area contributed by atoms with Gasteiger partial charge in [-0.3, -0.25) is 10.9 Å². The van der Waals surface area contributed by atoms with E-state index in [1.807, 2.05) is 35.0 Å². The van der Waals surface area contributed by atoms with Crippen molar-refractivity contribution in [3.05, 3.63) is 36.7 Å². The molecule has 0 saturated heterocycles. The van der Waals surface area contributed by atoms with Gasteiger partial charge in [-0.25, -0.2) is 4.98 Å². The molecule has 0 atom stereocenters. The molecule has 0 unspecified atom stereocenters. The van der Waals surface area contributed by atoms with Gasteiger partial charge < -0.3 is 9.30 Å². The summed E-state index contributed by atoms with van der Waals surface area (Å²) < 4.78 is 7.16. The number of hydrazine groups is 1. The van der Waals surface area contributed by atoms with Crippen LogP contribution in [0.2, 0.25) is 0 Å². The van der Waals surface area contributed by atoms with Crippen LogP contribution in [0.25, 0.3) is 0 Å². The lowest BCUT2D eigenvalue weighted by atomic mass is 10.3. The number of imidazole rings is 1. The van der Waals surface area contributed by atoms with E-state index in [1.165, 1.54) is 0 Å². The summed E-state index contributed by atoms with van der Waals surface area (Å²) in [4.78, 5) is 4.20. The molecule has 1 aromatic heterocycles. The summed E-state index contributed by atoms with van der Waals surface area (Å²) in [7, 11) is 1.65. The number of anilines is 2. The van der Waals surface area contributed by atoms with Gasteiger partial charge in [-0.15, -0.1) is 0 Å². The Bertz CT molecular complexity index is 481. The largest absolute Gasteiger partial charge is 0.497 e. The van der Waals surface area contributed by atoms with Gasteiger partial charge in [0.05, 0.1) is 12.8 Å². The highest BCUT2D eigenvalue weighted by Gasteiger charge is 2.00. The van der Waals surface area contributed by atoms with Crippen LogP contribution in [0.3, 0.4) is 0 Å². The Balaban J connectivity index is 2.02. The third-order valence-electron chi connectivity index (χ3n) is 2.44. The number of hydrogen-bond acceptors (Lipinski definition) is 4.